The van der Waals surface area contributed by atoms with Gasteiger partial charge in [0.05, 0.1) is 16.2 Å². The van der Waals surface area contributed by atoms with Crippen LogP contribution in [0.2, 0.25) is 0 Å². The minimum absolute atomic E-state index is 0.182. The first-order chi connectivity index (χ1) is 6.99. The Morgan fingerprint density at radius 2 is 1.87 bits per heavy atom. The van der Waals surface area contributed by atoms with Crippen LogP contribution in [0.15, 0.2) is 30.3 Å². The van der Waals surface area contributed by atoms with Crippen molar-refractivity contribution in [2.45, 2.75) is 18.9 Å². The summed E-state index contributed by atoms with van der Waals surface area (Å²) in [5.74, 6) is -0.420. The van der Waals surface area contributed by atoms with E-state index in [0.717, 1.165) is 5.56 Å². The first-order valence-electron chi connectivity index (χ1n) is 4.65. The van der Waals surface area contributed by atoms with Crippen LogP contribution in [-0.2, 0) is 10.1 Å². The van der Waals surface area contributed by atoms with Gasteiger partial charge in [-0.2, -0.15) is 0 Å². The average molecular weight is 229 g/mol. The predicted molar refractivity (Wildman–Crippen MR) is 55.2 cm³/mol. The van der Waals surface area contributed by atoms with Gasteiger partial charge >= 0.3 is 0 Å². The maximum atomic E-state index is 10.3. The molecule has 1 N–H and O–H groups in total. The molecule has 0 aromatic heterocycles. The van der Waals surface area contributed by atoms with E-state index in [1.165, 1.54) is 0 Å². The van der Waals surface area contributed by atoms with Crippen LogP contribution in [0, 0.1) is 0 Å². The molecule has 0 saturated heterocycles. The fraction of sp³-hybridized carbons (Fsp3) is 0.400. The summed E-state index contributed by atoms with van der Waals surface area (Å²) < 4.78 is 30.9. The summed E-state index contributed by atoms with van der Waals surface area (Å²) in [6.07, 6.45) is -0.235. The summed E-state index contributed by atoms with van der Waals surface area (Å²) in [5, 5.41) is 9.62. The quantitative estimate of drug-likeness (QED) is 0.765. The van der Waals surface area contributed by atoms with E-state index >= 15 is 0 Å². The molecule has 0 aliphatic carbocycles. The zero-order valence-electron chi connectivity index (χ0n) is 8.17. The molecule has 0 saturated carbocycles. The van der Waals surface area contributed by atoms with Crippen molar-refractivity contribution in [3.05, 3.63) is 35.9 Å². The van der Waals surface area contributed by atoms with Crippen LogP contribution in [0.5, 0.6) is 0 Å². The van der Waals surface area contributed by atoms with E-state index < -0.39 is 22.0 Å². The summed E-state index contributed by atoms with van der Waals surface area (Å²) in [4.78, 5) is 0. The SMILES string of the molecule is O=S(=O)([O-])CCCC(O)c1ccccc1. The zero-order chi connectivity index (χ0) is 11.3. The van der Waals surface area contributed by atoms with Crippen molar-refractivity contribution in [2.75, 3.05) is 5.75 Å². The maximum Gasteiger partial charge on any atom is 0.0945 e. The van der Waals surface area contributed by atoms with Gasteiger partial charge in [0.2, 0.25) is 0 Å². The Labute approximate surface area is 89.3 Å². The normalized spacial score (nSPS) is 13.7. The molecule has 0 spiro atoms. The molecular formula is C10H13O4S-. The van der Waals surface area contributed by atoms with Crippen molar-refractivity contribution in [1.29, 1.82) is 0 Å². The van der Waals surface area contributed by atoms with Gasteiger partial charge in [-0.15, -0.1) is 0 Å². The first kappa shape index (κ1) is 12.2. The van der Waals surface area contributed by atoms with Crippen LogP contribution in [-0.4, -0.2) is 23.8 Å². The standard InChI is InChI=1S/C10H14O4S/c11-10(7-4-8-15(12,13)14)9-5-2-1-3-6-9/h1-3,5-6,10-11H,4,7-8H2,(H,12,13,14)/p-1. The van der Waals surface area contributed by atoms with Crippen molar-refractivity contribution in [1.82, 2.24) is 0 Å². The molecular weight excluding hydrogens is 216 g/mol. The average Bonchev–Trinajstić information content (AvgIpc) is 2.17. The second-order valence-electron chi connectivity index (χ2n) is 3.33. The molecule has 0 aliphatic rings. The number of rotatable bonds is 5. The van der Waals surface area contributed by atoms with Crippen LogP contribution in [0.25, 0.3) is 0 Å². The van der Waals surface area contributed by atoms with Crippen molar-refractivity contribution < 1.29 is 18.1 Å². The Bertz CT molecular complexity index is 385. The minimum atomic E-state index is -4.16. The monoisotopic (exact) mass is 229 g/mol. The number of aliphatic hydroxyl groups is 1. The lowest BCUT2D eigenvalue weighted by Crippen LogP contribution is -2.06. The predicted octanol–water partition coefficient (Wildman–Crippen LogP) is 1.05. The Kier molecular flexibility index (Phi) is 4.26. The van der Waals surface area contributed by atoms with Gasteiger partial charge in [0, 0.05) is 5.75 Å². The molecule has 1 rings (SSSR count). The van der Waals surface area contributed by atoms with Crippen LogP contribution < -0.4 is 0 Å². The largest absolute Gasteiger partial charge is 0.748 e. The third-order valence-corrected chi connectivity index (χ3v) is 2.84. The lowest BCUT2D eigenvalue weighted by Gasteiger charge is -2.11. The molecule has 1 aromatic carbocycles. The molecule has 0 fully saturated rings. The topological polar surface area (TPSA) is 77.4 Å². The smallest absolute Gasteiger partial charge is 0.0945 e. The lowest BCUT2D eigenvalue weighted by atomic mass is 10.1. The van der Waals surface area contributed by atoms with Crippen molar-refractivity contribution >= 4 is 10.1 Å². The van der Waals surface area contributed by atoms with Crippen molar-refractivity contribution in [3.63, 3.8) is 0 Å². The zero-order valence-corrected chi connectivity index (χ0v) is 8.98. The highest BCUT2D eigenvalue weighted by molar-refractivity contribution is 7.85. The molecule has 5 heteroatoms. The van der Waals surface area contributed by atoms with E-state index in [4.69, 9.17) is 0 Å². The first-order valence-corrected chi connectivity index (χ1v) is 6.23. The van der Waals surface area contributed by atoms with E-state index in [9.17, 15) is 18.1 Å². The number of aliphatic hydroxyl groups excluding tert-OH is 1. The summed E-state index contributed by atoms with van der Waals surface area (Å²) in [7, 11) is -4.16. The molecule has 0 radical (unpaired) electrons. The molecule has 15 heavy (non-hydrogen) atoms. The minimum Gasteiger partial charge on any atom is -0.748 e. The summed E-state index contributed by atoms with van der Waals surface area (Å²) in [6, 6.07) is 8.94. The molecule has 0 bridgehead atoms. The highest BCUT2D eigenvalue weighted by atomic mass is 32.2. The summed E-state index contributed by atoms with van der Waals surface area (Å²) >= 11 is 0. The third-order valence-electron chi connectivity index (χ3n) is 2.06. The van der Waals surface area contributed by atoms with Crippen molar-refractivity contribution in [3.8, 4) is 0 Å². The van der Waals surface area contributed by atoms with Gasteiger partial charge in [-0.25, -0.2) is 8.42 Å². The molecule has 1 atom stereocenters. The Balaban J connectivity index is 2.41. The van der Waals surface area contributed by atoms with Crippen LogP contribution in [0.1, 0.15) is 24.5 Å². The highest BCUT2D eigenvalue weighted by Gasteiger charge is 2.07. The Morgan fingerprint density at radius 3 is 2.40 bits per heavy atom. The molecule has 0 amide bonds. The molecule has 1 aromatic rings. The fourth-order valence-electron chi connectivity index (χ4n) is 1.30. The van der Waals surface area contributed by atoms with Crippen molar-refractivity contribution in [2.24, 2.45) is 0 Å². The van der Waals surface area contributed by atoms with Gasteiger partial charge in [-0.3, -0.25) is 0 Å². The molecule has 0 heterocycles. The van der Waals surface area contributed by atoms with E-state index in [1.807, 2.05) is 6.07 Å². The highest BCUT2D eigenvalue weighted by Crippen LogP contribution is 2.17. The van der Waals surface area contributed by atoms with Gasteiger partial charge in [-0.05, 0) is 18.4 Å². The summed E-state index contributed by atoms with van der Waals surface area (Å²) in [6.45, 7) is 0. The molecule has 4 nitrogen and oxygen atoms in total. The second-order valence-corrected chi connectivity index (χ2v) is 4.85. The molecule has 84 valence electrons. The van der Waals surface area contributed by atoms with Gasteiger partial charge in [-0.1, -0.05) is 30.3 Å². The lowest BCUT2D eigenvalue weighted by molar-refractivity contribution is 0.166. The third kappa shape index (κ3) is 4.92. The molecule has 1 unspecified atom stereocenters. The summed E-state index contributed by atoms with van der Waals surface area (Å²) in [5.41, 5.74) is 0.737. The number of hydrogen-bond acceptors (Lipinski definition) is 4. The van der Waals surface area contributed by atoms with Gasteiger partial charge in [0.1, 0.15) is 0 Å². The van der Waals surface area contributed by atoms with Gasteiger partial charge in [0.25, 0.3) is 0 Å². The van der Waals surface area contributed by atoms with E-state index in [-0.39, 0.29) is 12.8 Å². The number of hydrogen-bond donors (Lipinski definition) is 1. The van der Waals surface area contributed by atoms with E-state index in [0.29, 0.717) is 0 Å². The Hall–Kier alpha value is -0.910. The number of benzene rings is 1. The van der Waals surface area contributed by atoms with E-state index in [2.05, 4.69) is 0 Å². The molecule has 0 aliphatic heterocycles. The van der Waals surface area contributed by atoms with Crippen LogP contribution in [0.4, 0.5) is 0 Å². The fourth-order valence-corrected chi connectivity index (χ4v) is 1.82. The Morgan fingerprint density at radius 1 is 1.27 bits per heavy atom. The van der Waals surface area contributed by atoms with Gasteiger partial charge < -0.3 is 9.66 Å². The van der Waals surface area contributed by atoms with E-state index in [1.54, 1.807) is 24.3 Å². The van der Waals surface area contributed by atoms with Crippen LogP contribution >= 0.6 is 0 Å². The maximum absolute atomic E-state index is 10.3. The van der Waals surface area contributed by atoms with Gasteiger partial charge in [0.15, 0.2) is 0 Å². The van der Waals surface area contributed by atoms with Crippen LogP contribution in [0.3, 0.4) is 0 Å². The second kappa shape index (κ2) is 5.25.